The van der Waals surface area contributed by atoms with Gasteiger partial charge < -0.3 is 25.4 Å². The van der Waals surface area contributed by atoms with Crippen LogP contribution in [0.1, 0.15) is 31.9 Å². The standard InChI is InChI=1S/C20H25F2N3O6S/c1-3-30-17(26)15-13(10-23-20(2)8-9-32(28,29)11-20)24-19(27)25-16(15)12-6-4-5-7-14(12)31-18(21)22/h4-7,16,18,23H,3,8-11H2,1-2H3,(H2,24,25,27)/t16-,20+/m0/s1. The van der Waals surface area contributed by atoms with Crippen molar-refractivity contribution in [1.82, 2.24) is 16.0 Å². The number of sulfone groups is 1. The van der Waals surface area contributed by atoms with Gasteiger partial charge in [0.1, 0.15) is 5.75 Å². The van der Waals surface area contributed by atoms with Crippen LogP contribution >= 0.6 is 0 Å². The number of halogens is 2. The van der Waals surface area contributed by atoms with Gasteiger partial charge in [0.25, 0.3) is 0 Å². The van der Waals surface area contributed by atoms with Gasteiger partial charge in [-0.05, 0) is 26.3 Å². The zero-order valence-corrected chi connectivity index (χ0v) is 18.4. The summed E-state index contributed by atoms with van der Waals surface area (Å²) in [7, 11) is -3.18. The maximum absolute atomic E-state index is 12.9. The van der Waals surface area contributed by atoms with E-state index in [9.17, 15) is 26.8 Å². The number of rotatable bonds is 8. The molecular formula is C20H25F2N3O6S. The summed E-state index contributed by atoms with van der Waals surface area (Å²) in [6.07, 6.45) is 0.373. The van der Waals surface area contributed by atoms with Crippen molar-refractivity contribution in [1.29, 1.82) is 0 Å². The van der Waals surface area contributed by atoms with E-state index < -0.39 is 40.0 Å². The molecule has 2 amide bonds. The Morgan fingerprint density at radius 2 is 2.06 bits per heavy atom. The Bertz CT molecular complexity index is 1030. The number of carbonyl (C=O) groups is 2. The molecular weight excluding hydrogens is 448 g/mol. The lowest BCUT2D eigenvalue weighted by Crippen LogP contribution is -2.51. The maximum Gasteiger partial charge on any atom is 0.387 e. The molecule has 3 rings (SSSR count). The lowest BCUT2D eigenvalue weighted by molar-refractivity contribution is -0.139. The highest BCUT2D eigenvalue weighted by atomic mass is 32.2. The number of amides is 2. The van der Waals surface area contributed by atoms with E-state index in [1.54, 1.807) is 19.9 Å². The first-order chi connectivity index (χ1) is 15.0. The first-order valence-electron chi connectivity index (χ1n) is 10.0. The van der Waals surface area contributed by atoms with Gasteiger partial charge in [-0.2, -0.15) is 8.78 Å². The van der Waals surface area contributed by atoms with Gasteiger partial charge in [-0.25, -0.2) is 18.0 Å². The van der Waals surface area contributed by atoms with Crippen LogP contribution in [0, 0.1) is 0 Å². The minimum atomic E-state index is -3.18. The van der Waals surface area contributed by atoms with E-state index in [-0.39, 0.29) is 47.2 Å². The molecule has 1 aromatic carbocycles. The molecule has 2 aliphatic heterocycles. The smallest absolute Gasteiger partial charge is 0.387 e. The molecule has 12 heteroatoms. The van der Waals surface area contributed by atoms with Gasteiger partial charge in [0.15, 0.2) is 9.84 Å². The Balaban J connectivity index is 2.00. The quantitative estimate of drug-likeness (QED) is 0.491. The van der Waals surface area contributed by atoms with Crippen molar-refractivity contribution in [2.75, 3.05) is 24.7 Å². The summed E-state index contributed by atoms with van der Waals surface area (Å²) in [4.78, 5) is 25.2. The molecule has 0 saturated carbocycles. The number of benzene rings is 1. The number of hydrogen-bond donors (Lipinski definition) is 3. The third kappa shape index (κ3) is 5.54. The first-order valence-corrected chi connectivity index (χ1v) is 11.8. The SMILES string of the molecule is CCOC(=O)C1=C(CN[C@]2(C)CCS(=O)(=O)C2)NC(=O)N[C@H]1c1ccccc1OC(F)F. The number of nitrogens with one attached hydrogen (secondary N) is 3. The zero-order chi connectivity index (χ0) is 23.5. The van der Waals surface area contributed by atoms with E-state index in [4.69, 9.17) is 4.74 Å². The van der Waals surface area contributed by atoms with Gasteiger partial charge in [-0.1, -0.05) is 18.2 Å². The van der Waals surface area contributed by atoms with Crippen molar-refractivity contribution in [2.45, 2.75) is 38.5 Å². The summed E-state index contributed by atoms with van der Waals surface area (Å²) in [6.45, 7) is 0.262. The fraction of sp³-hybridized carbons (Fsp3) is 0.500. The normalized spacial score (nSPS) is 24.8. The second-order valence-corrected chi connectivity index (χ2v) is 10.0. The number of urea groups is 1. The number of para-hydroxylation sites is 1. The van der Waals surface area contributed by atoms with Crippen LogP contribution in [0.2, 0.25) is 0 Å². The van der Waals surface area contributed by atoms with Crippen molar-refractivity contribution in [2.24, 2.45) is 0 Å². The van der Waals surface area contributed by atoms with Crippen LogP contribution < -0.4 is 20.7 Å². The van der Waals surface area contributed by atoms with Gasteiger partial charge in [-0.15, -0.1) is 0 Å². The molecule has 32 heavy (non-hydrogen) atoms. The minimum Gasteiger partial charge on any atom is -0.463 e. The molecule has 1 aromatic rings. The molecule has 0 aliphatic carbocycles. The average molecular weight is 473 g/mol. The number of alkyl halides is 2. The molecule has 0 unspecified atom stereocenters. The van der Waals surface area contributed by atoms with Crippen LogP contribution in [0.3, 0.4) is 0 Å². The highest BCUT2D eigenvalue weighted by molar-refractivity contribution is 7.91. The van der Waals surface area contributed by atoms with Gasteiger partial charge in [0.05, 0.1) is 29.7 Å². The van der Waals surface area contributed by atoms with Crippen LogP contribution in [-0.2, 0) is 19.4 Å². The highest BCUT2D eigenvalue weighted by Gasteiger charge is 2.40. The van der Waals surface area contributed by atoms with E-state index in [0.29, 0.717) is 6.42 Å². The van der Waals surface area contributed by atoms with Crippen LogP contribution in [0.15, 0.2) is 35.5 Å². The molecule has 2 heterocycles. The molecule has 0 spiro atoms. The highest BCUT2D eigenvalue weighted by Crippen LogP contribution is 2.34. The summed E-state index contributed by atoms with van der Waals surface area (Å²) in [5.74, 6) is -0.992. The van der Waals surface area contributed by atoms with Crippen molar-refractivity contribution in [3.8, 4) is 5.75 Å². The summed E-state index contributed by atoms with van der Waals surface area (Å²) in [5, 5.41) is 8.23. The zero-order valence-electron chi connectivity index (χ0n) is 17.6. The molecule has 1 saturated heterocycles. The fourth-order valence-electron chi connectivity index (χ4n) is 3.81. The second kappa shape index (κ2) is 9.41. The Morgan fingerprint density at radius 3 is 2.69 bits per heavy atom. The van der Waals surface area contributed by atoms with E-state index in [2.05, 4.69) is 20.7 Å². The first kappa shape index (κ1) is 23.9. The summed E-state index contributed by atoms with van der Waals surface area (Å²) in [6, 6.07) is 4.05. The van der Waals surface area contributed by atoms with Crippen molar-refractivity contribution in [3.63, 3.8) is 0 Å². The topological polar surface area (TPSA) is 123 Å². The summed E-state index contributed by atoms with van der Waals surface area (Å²) >= 11 is 0. The van der Waals surface area contributed by atoms with Crippen LogP contribution in [0.5, 0.6) is 5.75 Å². The van der Waals surface area contributed by atoms with Gasteiger partial charge >= 0.3 is 18.6 Å². The predicted octanol–water partition coefficient (Wildman–Crippen LogP) is 1.63. The van der Waals surface area contributed by atoms with Gasteiger partial charge in [0, 0.05) is 23.3 Å². The molecule has 0 bridgehead atoms. The number of carbonyl (C=O) groups excluding carboxylic acids is 2. The van der Waals surface area contributed by atoms with E-state index in [0.717, 1.165) is 0 Å². The van der Waals surface area contributed by atoms with Crippen LogP contribution in [0.4, 0.5) is 13.6 Å². The molecule has 1 fully saturated rings. The number of hydrogen-bond acceptors (Lipinski definition) is 7. The van der Waals surface area contributed by atoms with Gasteiger partial charge in [0.2, 0.25) is 0 Å². The van der Waals surface area contributed by atoms with Crippen LogP contribution in [-0.4, -0.2) is 57.2 Å². The summed E-state index contributed by atoms with van der Waals surface area (Å²) in [5.41, 5.74) is -0.422. The fourth-order valence-corrected chi connectivity index (χ4v) is 5.94. The third-order valence-corrected chi connectivity index (χ3v) is 7.19. The Morgan fingerprint density at radius 1 is 1.34 bits per heavy atom. The minimum absolute atomic E-state index is 0.00807. The van der Waals surface area contributed by atoms with Crippen molar-refractivity contribution < 1.29 is 36.3 Å². The van der Waals surface area contributed by atoms with Crippen molar-refractivity contribution >= 4 is 21.8 Å². The molecule has 176 valence electrons. The van der Waals surface area contributed by atoms with Crippen molar-refractivity contribution in [3.05, 3.63) is 41.1 Å². The van der Waals surface area contributed by atoms with E-state index in [1.165, 1.54) is 18.2 Å². The lowest BCUT2D eigenvalue weighted by atomic mass is 9.93. The van der Waals surface area contributed by atoms with Crippen LogP contribution in [0.25, 0.3) is 0 Å². The predicted molar refractivity (Wildman–Crippen MR) is 111 cm³/mol. The maximum atomic E-state index is 12.9. The number of ether oxygens (including phenoxy) is 2. The monoisotopic (exact) mass is 473 g/mol. The Kier molecular flexibility index (Phi) is 7.03. The number of esters is 1. The largest absolute Gasteiger partial charge is 0.463 e. The average Bonchev–Trinajstić information content (AvgIpc) is 2.99. The Hall–Kier alpha value is -2.73. The van der Waals surface area contributed by atoms with E-state index in [1.807, 2.05) is 0 Å². The summed E-state index contributed by atoms with van der Waals surface area (Å²) < 4.78 is 59.3. The lowest BCUT2D eigenvalue weighted by Gasteiger charge is -2.32. The Labute approximate surface area is 184 Å². The van der Waals surface area contributed by atoms with Gasteiger partial charge in [-0.3, -0.25) is 0 Å². The molecule has 2 aliphatic rings. The molecule has 2 atom stereocenters. The third-order valence-electron chi connectivity index (χ3n) is 5.29. The molecule has 0 radical (unpaired) electrons. The molecule has 0 aromatic heterocycles. The molecule has 9 nitrogen and oxygen atoms in total. The van der Waals surface area contributed by atoms with E-state index >= 15 is 0 Å². The second-order valence-electron chi connectivity index (χ2n) is 7.82. The molecule has 3 N–H and O–H groups in total.